The molecule has 0 radical (unpaired) electrons. The number of carbonyl (C=O) groups excluding carboxylic acids is 1. The largest absolute Gasteiger partial charge is 0.495 e. The van der Waals surface area contributed by atoms with Gasteiger partial charge in [0, 0.05) is 11.0 Å². The van der Waals surface area contributed by atoms with Gasteiger partial charge in [0.05, 0.1) is 12.1 Å². The second kappa shape index (κ2) is 5.48. The van der Waals surface area contributed by atoms with Gasteiger partial charge in [-0.2, -0.15) is 0 Å². The van der Waals surface area contributed by atoms with E-state index in [1.54, 1.807) is 7.11 Å². The van der Waals surface area contributed by atoms with Crippen LogP contribution in [0.15, 0.2) is 6.07 Å². The minimum atomic E-state index is -0.280. The Kier molecular flexibility index (Phi) is 3.96. The lowest BCUT2D eigenvalue weighted by Gasteiger charge is -2.32. The lowest BCUT2D eigenvalue weighted by atomic mass is 9.69. The smallest absolute Gasteiger partial charge is 0.171 e. The molecule has 1 aromatic carbocycles. The van der Waals surface area contributed by atoms with Crippen LogP contribution in [0.1, 0.15) is 54.9 Å². The first-order chi connectivity index (χ1) is 10.0. The van der Waals surface area contributed by atoms with Crippen LogP contribution in [0.4, 0.5) is 0 Å². The van der Waals surface area contributed by atoms with Crippen LogP contribution in [-0.4, -0.2) is 12.9 Å². The van der Waals surface area contributed by atoms with Crippen LogP contribution in [0.3, 0.4) is 0 Å². The van der Waals surface area contributed by atoms with Crippen molar-refractivity contribution in [1.82, 2.24) is 0 Å². The molecule has 0 spiro atoms. The van der Waals surface area contributed by atoms with Gasteiger partial charge in [0.2, 0.25) is 0 Å². The predicted octanol–water partition coefficient (Wildman–Crippen LogP) is 5.33. The van der Waals surface area contributed by atoms with E-state index in [1.807, 2.05) is 6.07 Å². The SMILES string of the molecule is CCC1(C2CCCC2)Cc2cc(OC)c(Cl)c(Cl)c2C1=O. The Morgan fingerprint density at radius 1 is 1.29 bits per heavy atom. The van der Waals surface area contributed by atoms with E-state index < -0.39 is 0 Å². The summed E-state index contributed by atoms with van der Waals surface area (Å²) < 4.78 is 5.29. The number of methoxy groups -OCH3 is 1. The van der Waals surface area contributed by atoms with Crippen molar-refractivity contribution in [2.75, 3.05) is 7.11 Å². The monoisotopic (exact) mass is 326 g/mol. The van der Waals surface area contributed by atoms with Gasteiger partial charge in [-0.05, 0) is 43.2 Å². The van der Waals surface area contributed by atoms with Crippen LogP contribution in [0.25, 0.3) is 0 Å². The highest BCUT2D eigenvalue weighted by atomic mass is 35.5. The Morgan fingerprint density at radius 3 is 2.52 bits per heavy atom. The summed E-state index contributed by atoms with van der Waals surface area (Å²) in [5.41, 5.74) is 1.36. The molecule has 2 aliphatic carbocycles. The minimum absolute atomic E-state index is 0.196. The molecule has 2 nitrogen and oxygen atoms in total. The molecule has 0 heterocycles. The second-order valence-electron chi connectivity index (χ2n) is 6.24. The minimum Gasteiger partial charge on any atom is -0.495 e. The zero-order chi connectivity index (χ0) is 15.2. The van der Waals surface area contributed by atoms with Crippen molar-refractivity contribution in [3.05, 3.63) is 27.2 Å². The van der Waals surface area contributed by atoms with Gasteiger partial charge in [-0.3, -0.25) is 4.79 Å². The number of fused-ring (bicyclic) bond motifs is 1. The molecule has 1 fully saturated rings. The zero-order valence-corrected chi connectivity index (χ0v) is 14.0. The summed E-state index contributed by atoms with van der Waals surface area (Å²) in [6.07, 6.45) is 6.39. The normalized spacial score (nSPS) is 25.4. The van der Waals surface area contributed by atoms with Gasteiger partial charge >= 0.3 is 0 Å². The highest BCUT2D eigenvalue weighted by molar-refractivity contribution is 6.45. The van der Waals surface area contributed by atoms with Gasteiger partial charge < -0.3 is 4.74 Å². The van der Waals surface area contributed by atoms with Crippen LogP contribution in [0.2, 0.25) is 10.0 Å². The molecule has 1 unspecified atom stereocenters. The van der Waals surface area contributed by atoms with E-state index in [9.17, 15) is 4.79 Å². The number of Topliss-reactive ketones (excluding diaryl/α,β-unsaturated/α-hetero) is 1. The summed E-state index contributed by atoms with van der Waals surface area (Å²) in [4.78, 5) is 13.1. The first-order valence-electron chi connectivity index (χ1n) is 7.64. The number of ketones is 1. The van der Waals surface area contributed by atoms with E-state index in [1.165, 1.54) is 12.8 Å². The molecule has 3 rings (SSSR count). The summed E-state index contributed by atoms with van der Waals surface area (Å²) in [6.45, 7) is 2.12. The Labute approximate surface area is 135 Å². The van der Waals surface area contributed by atoms with Crippen molar-refractivity contribution in [3.63, 3.8) is 0 Å². The fraction of sp³-hybridized carbons (Fsp3) is 0.588. The molecule has 0 amide bonds. The Hall–Kier alpha value is -0.730. The number of rotatable bonds is 3. The van der Waals surface area contributed by atoms with Crippen molar-refractivity contribution < 1.29 is 9.53 Å². The molecular weight excluding hydrogens is 307 g/mol. The maximum atomic E-state index is 13.1. The summed E-state index contributed by atoms with van der Waals surface area (Å²) in [5.74, 6) is 1.23. The Balaban J connectivity index is 2.11. The predicted molar refractivity (Wildman–Crippen MR) is 85.7 cm³/mol. The lowest BCUT2D eigenvalue weighted by molar-refractivity contribution is 0.0691. The number of hydrogen-bond acceptors (Lipinski definition) is 2. The number of hydrogen-bond donors (Lipinski definition) is 0. The number of ether oxygens (including phenoxy) is 1. The lowest BCUT2D eigenvalue weighted by Crippen LogP contribution is -2.34. The third-order valence-corrected chi connectivity index (χ3v) is 6.28. The average Bonchev–Trinajstić information content (AvgIpc) is 3.10. The third kappa shape index (κ3) is 2.10. The molecule has 1 saturated carbocycles. The molecule has 1 atom stereocenters. The summed E-state index contributed by atoms with van der Waals surface area (Å²) >= 11 is 12.6. The molecule has 114 valence electrons. The highest BCUT2D eigenvalue weighted by Crippen LogP contribution is 2.54. The van der Waals surface area contributed by atoms with Crippen LogP contribution in [0.5, 0.6) is 5.75 Å². The van der Waals surface area contributed by atoms with Gasteiger partial charge in [-0.25, -0.2) is 0 Å². The van der Waals surface area contributed by atoms with Gasteiger partial charge in [0.15, 0.2) is 5.78 Å². The maximum absolute atomic E-state index is 13.1. The Morgan fingerprint density at radius 2 is 1.95 bits per heavy atom. The summed E-state index contributed by atoms with van der Waals surface area (Å²) in [7, 11) is 1.57. The first-order valence-corrected chi connectivity index (χ1v) is 8.40. The van der Waals surface area contributed by atoms with E-state index in [0.29, 0.717) is 27.3 Å². The van der Waals surface area contributed by atoms with E-state index in [2.05, 4.69) is 6.92 Å². The van der Waals surface area contributed by atoms with Crippen molar-refractivity contribution in [2.24, 2.45) is 11.3 Å². The molecule has 4 heteroatoms. The molecule has 0 bridgehead atoms. The van der Waals surface area contributed by atoms with E-state index in [4.69, 9.17) is 27.9 Å². The van der Waals surface area contributed by atoms with Crippen molar-refractivity contribution in [2.45, 2.75) is 45.4 Å². The van der Waals surface area contributed by atoms with E-state index >= 15 is 0 Å². The molecule has 0 saturated heterocycles. The van der Waals surface area contributed by atoms with Crippen LogP contribution >= 0.6 is 23.2 Å². The highest BCUT2D eigenvalue weighted by Gasteiger charge is 2.51. The molecule has 0 aliphatic heterocycles. The molecule has 0 aromatic heterocycles. The quantitative estimate of drug-likeness (QED) is 0.750. The number of benzene rings is 1. The molecule has 21 heavy (non-hydrogen) atoms. The standard InChI is InChI=1S/C17H20Cl2O2/c1-3-17(11-6-4-5-7-11)9-10-8-12(21-2)14(18)15(19)13(10)16(17)20/h8,11H,3-7,9H2,1-2H3. The van der Waals surface area contributed by atoms with Crippen LogP contribution in [0, 0.1) is 11.3 Å². The number of carbonyl (C=O) groups is 1. The third-order valence-electron chi connectivity index (χ3n) is 5.43. The average molecular weight is 327 g/mol. The molecule has 2 aliphatic rings. The van der Waals surface area contributed by atoms with E-state index in [0.717, 1.165) is 31.2 Å². The summed E-state index contributed by atoms with van der Waals surface area (Å²) in [6, 6.07) is 1.90. The molecule has 1 aromatic rings. The van der Waals surface area contributed by atoms with Crippen molar-refractivity contribution in [3.8, 4) is 5.75 Å². The van der Waals surface area contributed by atoms with Gasteiger partial charge in [0.1, 0.15) is 10.8 Å². The number of halogens is 2. The topological polar surface area (TPSA) is 26.3 Å². The van der Waals surface area contributed by atoms with Gasteiger partial charge in [-0.1, -0.05) is 43.0 Å². The second-order valence-corrected chi connectivity index (χ2v) is 6.99. The zero-order valence-electron chi connectivity index (χ0n) is 12.5. The van der Waals surface area contributed by atoms with E-state index in [-0.39, 0.29) is 11.2 Å². The molecule has 0 N–H and O–H groups in total. The fourth-order valence-electron chi connectivity index (χ4n) is 4.24. The summed E-state index contributed by atoms with van der Waals surface area (Å²) in [5, 5.41) is 0.717. The molecular formula is C17H20Cl2O2. The van der Waals surface area contributed by atoms with Crippen LogP contribution in [-0.2, 0) is 6.42 Å². The fourth-order valence-corrected chi connectivity index (χ4v) is 4.76. The van der Waals surface area contributed by atoms with Crippen LogP contribution < -0.4 is 4.74 Å². The van der Waals surface area contributed by atoms with Crippen molar-refractivity contribution >= 4 is 29.0 Å². The van der Waals surface area contributed by atoms with Gasteiger partial charge in [-0.15, -0.1) is 0 Å². The first kappa shape index (κ1) is 15.2. The van der Waals surface area contributed by atoms with Crippen molar-refractivity contribution in [1.29, 1.82) is 0 Å². The van der Waals surface area contributed by atoms with Gasteiger partial charge in [0.25, 0.3) is 0 Å². The maximum Gasteiger partial charge on any atom is 0.171 e. The Bertz CT molecular complexity index is 591.